The van der Waals surface area contributed by atoms with Crippen LogP contribution >= 0.6 is 0 Å². The lowest BCUT2D eigenvalue weighted by Crippen LogP contribution is -2.36. The molecule has 178 valence electrons. The zero-order chi connectivity index (χ0) is 24.0. The summed E-state index contributed by atoms with van der Waals surface area (Å²) in [5.41, 5.74) is 3.35. The molecule has 0 aliphatic carbocycles. The molecule has 1 amide bonds. The van der Waals surface area contributed by atoms with Crippen LogP contribution in [0.15, 0.2) is 36.4 Å². The van der Waals surface area contributed by atoms with E-state index in [0.29, 0.717) is 17.9 Å². The molecule has 7 heteroatoms. The van der Waals surface area contributed by atoms with Crippen LogP contribution in [0.25, 0.3) is 0 Å². The first-order valence-electron chi connectivity index (χ1n) is 11.5. The van der Waals surface area contributed by atoms with E-state index < -0.39 is 17.5 Å². The first-order chi connectivity index (χ1) is 15.7. The molecule has 1 aliphatic heterocycles. The van der Waals surface area contributed by atoms with Gasteiger partial charge in [0.05, 0.1) is 18.8 Å². The fraction of sp³-hybridized carbons (Fsp3) is 0.462. The topological polar surface area (TPSA) is 67.9 Å². The smallest absolute Gasteiger partial charge is 0.415 e. The first kappa shape index (κ1) is 24.6. The van der Waals surface area contributed by atoms with Gasteiger partial charge in [0.1, 0.15) is 11.4 Å². The van der Waals surface area contributed by atoms with Gasteiger partial charge in [0.15, 0.2) is 0 Å². The Balaban J connectivity index is 1.84. The normalized spacial score (nSPS) is 13.0. The lowest BCUT2D eigenvalue weighted by atomic mass is 10.0. The minimum Gasteiger partial charge on any atom is -0.466 e. The van der Waals surface area contributed by atoms with Gasteiger partial charge in [-0.2, -0.15) is 0 Å². The van der Waals surface area contributed by atoms with E-state index in [1.165, 1.54) is 16.5 Å². The van der Waals surface area contributed by atoms with Crippen molar-refractivity contribution in [2.75, 3.05) is 23.4 Å². The molecule has 1 aliphatic rings. The number of fused-ring (bicyclic) bond motifs is 1. The van der Waals surface area contributed by atoms with Crippen molar-refractivity contribution in [2.45, 2.75) is 65.5 Å². The van der Waals surface area contributed by atoms with Crippen LogP contribution in [-0.2, 0) is 33.7 Å². The summed E-state index contributed by atoms with van der Waals surface area (Å²) in [6.45, 7) is 8.58. The van der Waals surface area contributed by atoms with Gasteiger partial charge >= 0.3 is 12.1 Å². The summed E-state index contributed by atoms with van der Waals surface area (Å²) >= 11 is 0. The van der Waals surface area contributed by atoms with E-state index in [-0.39, 0.29) is 25.4 Å². The number of halogens is 1. The van der Waals surface area contributed by atoms with E-state index in [4.69, 9.17) is 9.47 Å². The molecule has 0 aromatic heterocycles. The third kappa shape index (κ3) is 6.94. The molecule has 0 saturated carbocycles. The Bertz CT molecular complexity index is 1000. The average Bonchev–Trinajstić information content (AvgIpc) is 2.75. The Hall–Kier alpha value is -3.09. The number of nitrogens with zero attached hydrogens (tertiary/aromatic N) is 1. The zero-order valence-corrected chi connectivity index (χ0v) is 19.9. The van der Waals surface area contributed by atoms with Gasteiger partial charge in [0, 0.05) is 18.7 Å². The van der Waals surface area contributed by atoms with Gasteiger partial charge in [0.25, 0.3) is 0 Å². The molecule has 0 saturated heterocycles. The van der Waals surface area contributed by atoms with Crippen LogP contribution < -0.4 is 10.2 Å². The van der Waals surface area contributed by atoms with Crippen molar-refractivity contribution in [2.24, 2.45) is 0 Å². The fourth-order valence-corrected chi connectivity index (χ4v) is 3.74. The van der Waals surface area contributed by atoms with Gasteiger partial charge in [-0.05, 0) is 81.8 Å². The summed E-state index contributed by atoms with van der Waals surface area (Å²) in [6.07, 6.45) is 1.90. The second-order valence-corrected chi connectivity index (χ2v) is 9.17. The molecule has 1 N–H and O–H groups in total. The molecule has 0 bridgehead atoms. The number of carbonyl (C=O) groups is 2. The summed E-state index contributed by atoms with van der Waals surface area (Å²) < 4.78 is 25.4. The van der Waals surface area contributed by atoms with Crippen molar-refractivity contribution in [1.29, 1.82) is 0 Å². The SMILES string of the molecule is CCOC(=O)CCc1ccc(N(Cc2ccc3c(c2)NCCC3)C(=O)OC(C)(C)C)cc1F. The summed E-state index contributed by atoms with van der Waals surface area (Å²) in [6, 6.07) is 10.7. The van der Waals surface area contributed by atoms with Gasteiger partial charge in [-0.3, -0.25) is 9.69 Å². The summed E-state index contributed by atoms with van der Waals surface area (Å²) in [5.74, 6) is -0.838. The number of benzene rings is 2. The highest BCUT2D eigenvalue weighted by Gasteiger charge is 2.25. The first-order valence-corrected chi connectivity index (χ1v) is 11.5. The highest BCUT2D eigenvalue weighted by Crippen LogP contribution is 2.27. The van der Waals surface area contributed by atoms with E-state index >= 15 is 0 Å². The van der Waals surface area contributed by atoms with Crippen molar-refractivity contribution in [3.63, 3.8) is 0 Å². The second kappa shape index (κ2) is 10.7. The highest BCUT2D eigenvalue weighted by molar-refractivity contribution is 5.88. The molecule has 3 rings (SSSR count). The predicted molar refractivity (Wildman–Crippen MR) is 127 cm³/mol. The van der Waals surface area contributed by atoms with Crippen LogP contribution in [0.5, 0.6) is 0 Å². The molecule has 6 nitrogen and oxygen atoms in total. The van der Waals surface area contributed by atoms with Crippen LogP contribution in [0.2, 0.25) is 0 Å². The molecule has 2 aromatic rings. The average molecular weight is 457 g/mol. The standard InChI is InChI=1S/C26H33FN2O4/c1-5-32-24(30)13-11-19-10-12-21(16-22(19)27)29(25(31)33-26(2,3)4)17-18-8-9-20-7-6-14-28-23(20)15-18/h8-10,12,15-16,28H,5-7,11,13-14,17H2,1-4H3. The number of hydrogen-bond acceptors (Lipinski definition) is 5. The van der Waals surface area contributed by atoms with Gasteiger partial charge < -0.3 is 14.8 Å². The Labute approximate surface area is 195 Å². The number of anilines is 2. The zero-order valence-electron chi connectivity index (χ0n) is 19.9. The highest BCUT2D eigenvalue weighted by atomic mass is 19.1. The van der Waals surface area contributed by atoms with E-state index in [0.717, 1.165) is 30.6 Å². The Morgan fingerprint density at radius 2 is 1.94 bits per heavy atom. The Morgan fingerprint density at radius 3 is 2.64 bits per heavy atom. The number of hydrogen-bond donors (Lipinski definition) is 1. The fourth-order valence-electron chi connectivity index (χ4n) is 3.74. The molecule has 33 heavy (non-hydrogen) atoms. The Kier molecular flexibility index (Phi) is 7.95. The molecule has 0 radical (unpaired) electrons. The number of ether oxygens (including phenoxy) is 2. The minimum absolute atomic E-state index is 0.0992. The van der Waals surface area contributed by atoms with Gasteiger partial charge in [-0.1, -0.05) is 18.2 Å². The maximum atomic E-state index is 14.9. The van der Waals surface area contributed by atoms with Crippen molar-refractivity contribution >= 4 is 23.4 Å². The van der Waals surface area contributed by atoms with Crippen LogP contribution in [0.3, 0.4) is 0 Å². The van der Waals surface area contributed by atoms with Gasteiger partial charge in [0.2, 0.25) is 0 Å². The number of carbonyl (C=O) groups excluding carboxylic acids is 2. The third-order valence-electron chi connectivity index (χ3n) is 5.32. The number of rotatable bonds is 7. The van der Waals surface area contributed by atoms with Gasteiger partial charge in [-0.25, -0.2) is 9.18 Å². The van der Waals surface area contributed by atoms with Crippen molar-refractivity contribution < 1.29 is 23.5 Å². The Morgan fingerprint density at radius 1 is 1.15 bits per heavy atom. The number of aryl methyl sites for hydroxylation is 2. The van der Waals surface area contributed by atoms with Crippen LogP contribution in [0.4, 0.5) is 20.6 Å². The van der Waals surface area contributed by atoms with Crippen LogP contribution in [0, 0.1) is 5.82 Å². The summed E-state index contributed by atoms with van der Waals surface area (Å²) in [7, 11) is 0. The minimum atomic E-state index is -0.690. The van der Waals surface area contributed by atoms with Gasteiger partial charge in [-0.15, -0.1) is 0 Å². The van der Waals surface area contributed by atoms with Crippen molar-refractivity contribution in [3.8, 4) is 0 Å². The predicted octanol–water partition coefficient (Wildman–Crippen LogP) is 5.62. The van der Waals surface area contributed by atoms with Crippen LogP contribution in [-0.4, -0.2) is 30.8 Å². The molecule has 1 heterocycles. The molecule has 0 unspecified atom stereocenters. The lowest BCUT2D eigenvalue weighted by Gasteiger charge is -2.28. The third-order valence-corrected chi connectivity index (χ3v) is 5.32. The number of amides is 1. The van der Waals surface area contributed by atoms with Crippen molar-refractivity contribution in [1.82, 2.24) is 0 Å². The molecular formula is C26H33FN2O4. The van der Waals surface area contributed by atoms with Crippen molar-refractivity contribution in [3.05, 3.63) is 58.9 Å². The maximum absolute atomic E-state index is 14.9. The molecule has 0 fully saturated rings. The number of esters is 1. The molecule has 0 atom stereocenters. The molecule has 0 spiro atoms. The quantitative estimate of drug-likeness (QED) is 0.548. The largest absolute Gasteiger partial charge is 0.466 e. The van der Waals surface area contributed by atoms with E-state index in [9.17, 15) is 14.0 Å². The van der Waals surface area contributed by atoms with E-state index in [1.807, 2.05) is 12.1 Å². The lowest BCUT2D eigenvalue weighted by molar-refractivity contribution is -0.143. The monoisotopic (exact) mass is 456 g/mol. The van der Waals surface area contributed by atoms with E-state index in [2.05, 4.69) is 11.4 Å². The maximum Gasteiger partial charge on any atom is 0.415 e. The molecular weight excluding hydrogens is 423 g/mol. The van der Waals surface area contributed by atoms with Crippen LogP contribution in [0.1, 0.15) is 57.2 Å². The molecule has 2 aromatic carbocycles. The summed E-state index contributed by atoms with van der Waals surface area (Å²) in [5, 5.41) is 3.40. The number of nitrogens with one attached hydrogen (secondary N) is 1. The van der Waals surface area contributed by atoms with E-state index in [1.54, 1.807) is 39.8 Å². The summed E-state index contributed by atoms with van der Waals surface area (Å²) in [4.78, 5) is 26.1. The second-order valence-electron chi connectivity index (χ2n) is 9.17.